The van der Waals surface area contributed by atoms with E-state index in [0.29, 0.717) is 78.5 Å². The molecule has 0 fully saturated rings. The van der Waals surface area contributed by atoms with Crippen LogP contribution in [-0.4, -0.2) is 155 Å². The van der Waals surface area contributed by atoms with E-state index in [2.05, 4.69) is 49.5 Å². The van der Waals surface area contributed by atoms with Gasteiger partial charge in [-0.3, -0.25) is 19.6 Å². The molecule has 0 aliphatic rings. The zero-order valence-corrected chi connectivity index (χ0v) is 37.5. The maximum Gasteiger partial charge on any atom is 0.354 e. The van der Waals surface area contributed by atoms with Crippen molar-refractivity contribution in [2.45, 2.75) is 39.3 Å². The van der Waals surface area contributed by atoms with Crippen molar-refractivity contribution in [3.63, 3.8) is 0 Å². The minimum atomic E-state index is -1.17. The number of aromatic nitrogens is 6. The normalized spacial score (nSPS) is 11.3. The number of hydrogen-bond acceptors (Lipinski definition) is 16. The first-order chi connectivity index (χ1) is 33.6. The Labute approximate surface area is 399 Å². The Morgan fingerprint density at radius 1 is 0.271 bits per heavy atom. The highest BCUT2D eigenvalue weighted by molar-refractivity contribution is 5.87. The molecule has 0 spiro atoms. The fraction of sp³-hybridized carbons (Fsp3) is 0.250. The molecule has 0 aliphatic carbocycles. The second-order valence-electron chi connectivity index (χ2n) is 16.1. The van der Waals surface area contributed by atoms with Gasteiger partial charge in [-0.25, -0.2) is 58.7 Å². The first-order valence-corrected chi connectivity index (χ1v) is 21.6. The van der Waals surface area contributed by atoms with Crippen LogP contribution in [0.3, 0.4) is 0 Å². The quantitative estimate of drug-likeness (QED) is 0.0426. The lowest BCUT2D eigenvalue weighted by Crippen LogP contribution is -2.42. The molecular formula is C48H48N10O12. The molecule has 6 rings (SSSR count). The Balaban J connectivity index is 1.30. The maximum absolute atomic E-state index is 11.6. The van der Waals surface area contributed by atoms with Gasteiger partial charge in [0.15, 0.2) is 0 Å². The largest absolute Gasteiger partial charge is 0.477 e. The number of hydrogen-bond donors (Lipinski definition) is 6. The lowest BCUT2D eigenvalue weighted by Gasteiger charge is -2.32. The molecule has 6 N–H and O–H groups in total. The third-order valence-corrected chi connectivity index (χ3v) is 10.9. The van der Waals surface area contributed by atoms with Crippen molar-refractivity contribution >= 4 is 35.8 Å². The SMILES string of the molecule is O=C(O)c1ccc(CN(CCN(CCN(Cc2ccc(C(=O)O)nc2)Cc2ccc(C(=O)O)nc2)CCN(Cc2ccc(C(=O)O)nc2)Cc2ccc(C(=O)O)nc2)Cc2ccc(C(=O)O)nc2)cn1. The molecule has 0 aliphatic heterocycles. The Hall–Kier alpha value is -8.44. The fourth-order valence-electron chi connectivity index (χ4n) is 7.24. The van der Waals surface area contributed by atoms with Crippen molar-refractivity contribution in [3.8, 4) is 0 Å². The van der Waals surface area contributed by atoms with Gasteiger partial charge >= 0.3 is 35.8 Å². The predicted octanol–water partition coefficient (Wildman–Crippen LogP) is 3.95. The maximum atomic E-state index is 11.6. The molecule has 6 aromatic heterocycles. The smallest absolute Gasteiger partial charge is 0.354 e. The number of carboxylic acids is 6. The summed E-state index contributed by atoms with van der Waals surface area (Å²) in [6, 6.07) is 18.5. The number of rotatable bonds is 27. The molecule has 6 aromatic rings. The molecule has 0 amide bonds. The van der Waals surface area contributed by atoms with E-state index in [0.717, 1.165) is 33.4 Å². The van der Waals surface area contributed by atoms with Crippen LogP contribution in [0, 0.1) is 0 Å². The summed E-state index contributed by atoms with van der Waals surface area (Å²) in [5, 5.41) is 56.8. The molecular weight excluding hydrogens is 909 g/mol. The van der Waals surface area contributed by atoms with Crippen LogP contribution in [0.15, 0.2) is 110 Å². The van der Waals surface area contributed by atoms with Gasteiger partial charge < -0.3 is 30.6 Å². The first kappa shape index (κ1) is 51.0. The summed E-state index contributed by atoms with van der Waals surface area (Å²) in [6.45, 7) is 4.65. The van der Waals surface area contributed by atoms with E-state index >= 15 is 0 Å². The average Bonchev–Trinajstić information content (AvgIpc) is 3.34. The van der Waals surface area contributed by atoms with Crippen molar-refractivity contribution in [1.29, 1.82) is 0 Å². The highest BCUT2D eigenvalue weighted by Gasteiger charge is 2.19. The Bertz CT molecular complexity index is 2270. The summed E-state index contributed by atoms with van der Waals surface area (Å²) in [5.74, 6) is -7.02. The second kappa shape index (κ2) is 24.5. The first-order valence-electron chi connectivity index (χ1n) is 21.6. The number of aromatic carboxylic acids is 6. The molecule has 0 saturated carbocycles. The molecule has 0 aromatic carbocycles. The minimum Gasteiger partial charge on any atom is -0.477 e. The van der Waals surface area contributed by atoms with Crippen LogP contribution in [0.2, 0.25) is 0 Å². The van der Waals surface area contributed by atoms with Gasteiger partial charge in [-0.1, -0.05) is 36.4 Å². The van der Waals surface area contributed by atoms with Crippen molar-refractivity contribution in [3.05, 3.63) is 178 Å². The Morgan fingerprint density at radius 2 is 0.429 bits per heavy atom. The summed E-state index contributed by atoms with van der Waals surface area (Å²) < 4.78 is 0. The Kier molecular flexibility index (Phi) is 17.9. The molecule has 0 unspecified atom stereocenters. The van der Waals surface area contributed by atoms with Gasteiger partial charge in [-0.2, -0.15) is 0 Å². The van der Waals surface area contributed by atoms with Crippen molar-refractivity contribution in [2.24, 2.45) is 0 Å². The van der Waals surface area contributed by atoms with E-state index in [1.54, 1.807) is 36.4 Å². The average molecular weight is 957 g/mol. The second-order valence-corrected chi connectivity index (χ2v) is 16.1. The van der Waals surface area contributed by atoms with Crippen molar-refractivity contribution in [1.82, 2.24) is 49.5 Å². The summed E-state index contributed by atoms with van der Waals surface area (Å²) in [7, 11) is 0. The molecule has 0 bridgehead atoms. The molecule has 22 heteroatoms. The van der Waals surface area contributed by atoms with E-state index in [9.17, 15) is 59.4 Å². The highest BCUT2D eigenvalue weighted by atomic mass is 16.4. The monoisotopic (exact) mass is 956 g/mol. The fourth-order valence-corrected chi connectivity index (χ4v) is 7.24. The molecule has 362 valence electrons. The third-order valence-electron chi connectivity index (χ3n) is 10.9. The zero-order chi connectivity index (χ0) is 50.2. The minimum absolute atomic E-state index is 0.117. The van der Waals surface area contributed by atoms with Gasteiger partial charge in [0, 0.05) is 116 Å². The van der Waals surface area contributed by atoms with Crippen LogP contribution in [-0.2, 0) is 39.3 Å². The van der Waals surface area contributed by atoms with E-state index < -0.39 is 35.8 Å². The van der Waals surface area contributed by atoms with E-state index in [-0.39, 0.29) is 34.2 Å². The van der Waals surface area contributed by atoms with Gasteiger partial charge in [0.1, 0.15) is 34.2 Å². The van der Waals surface area contributed by atoms with Crippen LogP contribution < -0.4 is 0 Å². The standard InChI is InChI=1S/C48H48N10O12/c59-43(60)37-7-1-31(19-49-37)25-56(26-32-2-8-38(44(61)62)50-20-32)16-13-55(14-17-57(27-33-3-9-39(45(63)64)51-21-33)28-34-4-10-40(46(65)66)52-22-34)15-18-58(29-35-5-11-41(47(67)68)53-23-35)30-36-6-12-42(48(69)70)54-24-36/h1-12,19-24H,13-18,25-30H2,(H,59,60)(H,61,62)(H,63,64)(H,65,66)(H,67,68)(H,69,70). The molecule has 6 heterocycles. The van der Waals surface area contributed by atoms with Crippen molar-refractivity contribution in [2.75, 3.05) is 39.3 Å². The topological polar surface area (TPSA) is 314 Å². The number of carbonyl (C=O) groups is 6. The van der Waals surface area contributed by atoms with Gasteiger partial charge in [-0.05, 0) is 69.8 Å². The third kappa shape index (κ3) is 15.6. The van der Waals surface area contributed by atoms with Gasteiger partial charge in [0.05, 0.1) is 0 Å². The highest BCUT2D eigenvalue weighted by Crippen LogP contribution is 2.16. The zero-order valence-electron chi connectivity index (χ0n) is 37.5. The number of nitrogens with zero attached hydrogens (tertiary/aromatic N) is 10. The van der Waals surface area contributed by atoms with Gasteiger partial charge in [0.2, 0.25) is 0 Å². The van der Waals surface area contributed by atoms with Crippen LogP contribution in [0.4, 0.5) is 0 Å². The van der Waals surface area contributed by atoms with Gasteiger partial charge in [-0.15, -0.1) is 0 Å². The van der Waals surface area contributed by atoms with Crippen LogP contribution in [0.1, 0.15) is 96.3 Å². The predicted molar refractivity (Wildman–Crippen MR) is 246 cm³/mol. The van der Waals surface area contributed by atoms with E-state index in [1.165, 1.54) is 73.6 Å². The lowest BCUT2D eigenvalue weighted by atomic mass is 10.2. The summed E-state index contributed by atoms with van der Waals surface area (Å²) in [4.78, 5) is 103. The van der Waals surface area contributed by atoms with Gasteiger partial charge in [0.25, 0.3) is 0 Å². The summed E-state index contributed by atoms with van der Waals surface area (Å²) in [5.41, 5.74) is 3.63. The molecule has 0 atom stereocenters. The van der Waals surface area contributed by atoms with Crippen LogP contribution >= 0.6 is 0 Å². The lowest BCUT2D eigenvalue weighted by molar-refractivity contribution is 0.0679. The van der Waals surface area contributed by atoms with Crippen molar-refractivity contribution < 1.29 is 59.4 Å². The van der Waals surface area contributed by atoms with E-state index in [1.807, 2.05) is 0 Å². The van der Waals surface area contributed by atoms with Crippen LogP contribution in [0.5, 0.6) is 0 Å². The molecule has 70 heavy (non-hydrogen) atoms. The number of pyridine rings is 6. The molecule has 0 saturated heterocycles. The Morgan fingerprint density at radius 3 is 0.557 bits per heavy atom. The molecule has 0 radical (unpaired) electrons. The number of carboxylic acid groups (broad SMARTS) is 6. The van der Waals surface area contributed by atoms with E-state index in [4.69, 9.17) is 0 Å². The molecule has 22 nitrogen and oxygen atoms in total. The van der Waals surface area contributed by atoms with Crippen LogP contribution in [0.25, 0.3) is 0 Å². The summed E-state index contributed by atoms with van der Waals surface area (Å²) in [6.07, 6.45) is 8.92. The summed E-state index contributed by atoms with van der Waals surface area (Å²) >= 11 is 0.